The summed E-state index contributed by atoms with van der Waals surface area (Å²) < 4.78 is 32.6. The number of ether oxygens (including phenoxy) is 1. The molecule has 0 aliphatic rings. The van der Waals surface area contributed by atoms with Crippen molar-refractivity contribution in [3.63, 3.8) is 0 Å². The van der Waals surface area contributed by atoms with Crippen LogP contribution in [-0.4, -0.2) is 35.4 Å². The molecule has 1 N–H and O–H groups in total. The molecular formula is C21H15ClN4O5S2. The molecule has 1 amide bonds. The average Bonchev–Trinajstić information content (AvgIpc) is 3.28. The maximum absolute atomic E-state index is 12.4. The van der Waals surface area contributed by atoms with Gasteiger partial charge in [0.25, 0.3) is 11.1 Å². The number of nitrogens with zero attached hydrogens (tertiary/aromatic N) is 3. The van der Waals surface area contributed by atoms with Gasteiger partial charge < -0.3 is 4.74 Å². The highest BCUT2D eigenvalue weighted by Gasteiger charge is 2.20. The van der Waals surface area contributed by atoms with E-state index in [1.165, 1.54) is 31.2 Å². The molecule has 168 valence electrons. The van der Waals surface area contributed by atoms with Gasteiger partial charge in [-0.2, -0.15) is 14.6 Å². The number of benzene rings is 2. The van der Waals surface area contributed by atoms with E-state index in [2.05, 4.69) is 14.7 Å². The molecule has 0 aliphatic heterocycles. The number of halogens is 1. The largest absolute Gasteiger partial charge is 0.423 e. The lowest BCUT2D eigenvalue weighted by atomic mass is 10.1. The number of rotatable bonds is 7. The third-order valence-corrected chi connectivity index (χ3v) is 6.72. The van der Waals surface area contributed by atoms with Crippen molar-refractivity contribution in [2.75, 3.05) is 11.1 Å². The number of anilines is 1. The predicted molar refractivity (Wildman–Crippen MR) is 123 cm³/mol. The summed E-state index contributed by atoms with van der Waals surface area (Å²) in [6, 6.07) is 14.4. The summed E-state index contributed by atoms with van der Waals surface area (Å²) in [4.78, 5) is 28.4. The van der Waals surface area contributed by atoms with E-state index in [1.54, 1.807) is 36.4 Å². The molecule has 12 heteroatoms. The monoisotopic (exact) mass is 502 g/mol. The number of carbonyl (C=O) groups is 2. The lowest BCUT2D eigenvalue weighted by Crippen LogP contribution is -2.13. The Kier molecular flexibility index (Phi) is 7.55. The minimum absolute atomic E-state index is 0.0463. The minimum atomic E-state index is -3.61. The van der Waals surface area contributed by atoms with Crippen molar-refractivity contribution in [2.24, 2.45) is 0 Å². The number of sulfone groups is 1. The fraction of sp³-hybridized carbons (Fsp3) is 0.0952. The minimum Gasteiger partial charge on any atom is -0.423 e. The predicted octanol–water partition coefficient (Wildman–Crippen LogP) is 3.75. The van der Waals surface area contributed by atoms with Crippen LogP contribution in [-0.2, 0) is 14.6 Å². The Bertz CT molecular complexity index is 1380. The van der Waals surface area contributed by atoms with Gasteiger partial charge in [-0.25, -0.2) is 13.2 Å². The SMILES string of the molecule is CCS(=O)(=O)c1nsc(NC(=O)/C(C#N)=C\c2ccc(OC(=O)c3ccccc3Cl)cc2)n1. The molecule has 3 aromatic rings. The van der Waals surface area contributed by atoms with E-state index in [0.717, 1.165) is 0 Å². The molecule has 0 aliphatic carbocycles. The number of amides is 1. The molecule has 0 unspecified atom stereocenters. The number of carbonyl (C=O) groups excluding carboxylic acids is 2. The number of nitrogens with one attached hydrogen (secondary N) is 1. The second-order valence-corrected chi connectivity index (χ2v) is 9.68. The highest BCUT2D eigenvalue weighted by molar-refractivity contribution is 7.91. The van der Waals surface area contributed by atoms with Crippen molar-refractivity contribution < 1.29 is 22.7 Å². The van der Waals surface area contributed by atoms with Crippen LogP contribution in [0.15, 0.2) is 59.3 Å². The Hall–Kier alpha value is -3.59. The molecule has 0 saturated heterocycles. The van der Waals surface area contributed by atoms with Crippen LogP contribution in [0.4, 0.5) is 5.13 Å². The van der Waals surface area contributed by atoms with Gasteiger partial charge in [0, 0.05) is 11.5 Å². The standard InChI is InChI=1S/C21H15ClN4O5S2/c1-2-33(29,30)21-25-20(32-26-21)24-18(27)14(12-23)11-13-7-9-15(10-8-13)31-19(28)16-5-3-4-6-17(16)22/h3-11H,2H2,1H3,(H,24,25,26,27)/b14-11-. The van der Waals surface area contributed by atoms with Crippen LogP contribution in [0.2, 0.25) is 5.02 Å². The second kappa shape index (κ2) is 10.4. The number of aromatic nitrogens is 2. The first-order chi connectivity index (χ1) is 15.7. The van der Waals surface area contributed by atoms with Crippen molar-refractivity contribution in [1.29, 1.82) is 5.26 Å². The lowest BCUT2D eigenvalue weighted by molar-refractivity contribution is -0.112. The first-order valence-corrected chi connectivity index (χ1v) is 12.1. The molecule has 33 heavy (non-hydrogen) atoms. The van der Waals surface area contributed by atoms with Gasteiger partial charge in [0.2, 0.25) is 15.0 Å². The molecule has 0 fully saturated rings. The third kappa shape index (κ3) is 6.01. The smallest absolute Gasteiger partial charge is 0.345 e. The Labute approximate surface area is 198 Å². The van der Waals surface area contributed by atoms with Gasteiger partial charge in [-0.3, -0.25) is 10.1 Å². The highest BCUT2D eigenvalue weighted by Crippen LogP contribution is 2.21. The number of esters is 1. The van der Waals surface area contributed by atoms with Crippen molar-refractivity contribution in [1.82, 2.24) is 9.36 Å². The Morgan fingerprint density at radius 1 is 1.21 bits per heavy atom. The summed E-state index contributed by atoms with van der Waals surface area (Å²) >= 11 is 6.68. The summed E-state index contributed by atoms with van der Waals surface area (Å²) in [6.07, 6.45) is 1.32. The van der Waals surface area contributed by atoms with Crippen molar-refractivity contribution in [2.45, 2.75) is 12.1 Å². The van der Waals surface area contributed by atoms with Crippen molar-refractivity contribution in [3.8, 4) is 11.8 Å². The van der Waals surface area contributed by atoms with Crippen LogP contribution in [0.3, 0.4) is 0 Å². The number of hydrogen-bond acceptors (Lipinski definition) is 9. The van der Waals surface area contributed by atoms with Crippen LogP contribution in [0.1, 0.15) is 22.8 Å². The zero-order valence-corrected chi connectivity index (χ0v) is 19.4. The quantitative estimate of drug-likeness (QED) is 0.223. The fourth-order valence-electron chi connectivity index (χ4n) is 2.42. The number of nitriles is 1. The molecule has 0 spiro atoms. The van der Waals surface area contributed by atoms with Crippen molar-refractivity contribution >= 4 is 56.1 Å². The zero-order chi connectivity index (χ0) is 24.0. The van der Waals surface area contributed by atoms with E-state index in [0.29, 0.717) is 17.1 Å². The van der Waals surface area contributed by atoms with Crippen LogP contribution in [0, 0.1) is 11.3 Å². The third-order valence-electron chi connectivity index (χ3n) is 4.15. The lowest BCUT2D eigenvalue weighted by Gasteiger charge is -2.06. The Balaban J connectivity index is 1.70. The zero-order valence-electron chi connectivity index (χ0n) is 17.0. The van der Waals surface area contributed by atoms with Gasteiger partial charge in [0.05, 0.1) is 16.3 Å². The van der Waals surface area contributed by atoms with Gasteiger partial charge in [-0.15, -0.1) is 0 Å². The van der Waals surface area contributed by atoms with E-state index in [9.17, 15) is 23.3 Å². The van der Waals surface area contributed by atoms with E-state index in [4.69, 9.17) is 16.3 Å². The summed E-state index contributed by atoms with van der Waals surface area (Å²) in [6.45, 7) is 1.45. The summed E-state index contributed by atoms with van der Waals surface area (Å²) in [5.41, 5.74) is 0.467. The van der Waals surface area contributed by atoms with Crippen LogP contribution in [0.5, 0.6) is 5.75 Å². The van der Waals surface area contributed by atoms with Crippen LogP contribution >= 0.6 is 23.1 Å². The maximum Gasteiger partial charge on any atom is 0.345 e. The summed E-state index contributed by atoms with van der Waals surface area (Å²) in [7, 11) is -3.61. The maximum atomic E-state index is 12.4. The van der Waals surface area contributed by atoms with E-state index in [-0.39, 0.29) is 37.9 Å². The first kappa shape index (κ1) is 24.1. The van der Waals surface area contributed by atoms with E-state index < -0.39 is 21.7 Å². The fourth-order valence-corrected chi connectivity index (χ4v) is 4.21. The molecular weight excluding hydrogens is 488 g/mol. The first-order valence-electron chi connectivity index (χ1n) is 9.30. The second-order valence-electron chi connectivity index (χ2n) is 6.35. The summed E-state index contributed by atoms with van der Waals surface area (Å²) in [5, 5.41) is 11.5. The van der Waals surface area contributed by atoms with E-state index >= 15 is 0 Å². The molecule has 2 aromatic carbocycles. The van der Waals surface area contributed by atoms with E-state index in [1.807, 2.05) is 0 Å². The van der Waals surface area contributed by atoms with Gasteiger partial charge in [0.1, 0.15) is 17.4 Å². The Morgan fingerprint density at radius 2 is 1.91 bits per heavy atom. The Morgan fingerprint density at radius 3 is 2.55 bits per heavy atom. The molecule has 1 aromatic heterocycles. The highest BCUT2D eigenvalue weighted by atomic mass is 35.5. The molecule has 0 saturated carbocycles. The molecule has 0 atom stereocenters. The van der Waals surface area contributed by atoms with Gasteiger partial charge in [-0.1, -0.05) is 42.8 Å². The molecule has 0 bridgehead atoms. The molecule has 9 nitrogen and oxygen atoms in total. The molecule has 3 rings (SSSR count). The van der Waals surface area contributed by atoms with Gasteiger partial charge >= 0.3 is 5.97 Å². The molecule has 0 radical (unpaired) electrons. The van der Waals surface area contributed by atoms with Crippen molar-refractivity contribution in [3.05, 3.63) is 70.3 Å². The average molecular weight is 503 g/mol. The van der Waals surface area contributed by atoms with Gasteiger partial charge in [0.15, 0.2) is 0 Å². The molecule has 1 heterocycles. The summed E-state index contributed by atoms with van der Waals surface area (Å²) in [5.74, 6) is -1.33. The normalized spacial score (nSPS) is 11.5. The topological polar surface area (TPSA) is 139 Å². The van der Waals surface area contributed by atoms with Crippen LogP contribution in [0.25, 0.3) is 6.08 Å². The number of hydrogen-bond donors (Lipinski definition) is 1. The van der Waals surface area contributed by atoms with Gasteiger partial charge in [-0.05, 0) is 35.9 Å². The van der Waals surface area contributed by atoms with Crippen LogP contribution < -0.4 is 10.1 Å².